The predicted molar refractivity (Wildman–Crippen MR) is 69.1 cm³/mol. The van der Waals surface area contributed by atoms with Gasteiger partial charge in [-0.05, 0) is 31.9 Å². The van der Waals surface area contributed by atoms with Crippen molar-refractivity contribution in [2.45, 2.75) is 31.9 Å². The van der Waals surface area contributed by atoms with Crippen molar-refractivity contribution in [2.24, 2.45) is 5.73 Å². The van der Waals surface area contributed by atoms with Gasteiger partial charge in [0.1, 0.15) is 0 Å². The molecule has 4 heteroatoms. The van der Waals surface area contributed by atoms with Crippen LogP contribution in [0.15, 0.2) is 18.3 Å². The molecule has 0 spiro atoms. The summed E-state index contributed by atoms with van der Waals surface area (Å²) in [6, 6.07) is 4.06. The third-order valence-electron chi connectivity index (χ3n) is 3.18. The van der Waals surface area contributed by atoms with Crippen molar-refractivity contribution in [1.29, 1.82) is 0 Å². The molecule has 0 amide bonds. The average Bonchev–Trinajstić information content (AvgIpc) is 2.82. The van der Waals surface area contributed by atoms with Crippen LogP contribution in [0.5, 0.6) is 0 Å². The molecule has 1 fully saturated rings. The molecule has 2 atom stereocenters. The lowest BCUT2D eigenvalue weighted by Gasteiger charge is -2.22. The third-order valence-corrected chi connectivity index (χ3v) is 3.18. The first-order valence-electron chi connectivity index (χ1n) is 6.21. The summed E-state index contributed by atoms with van der Waals surface area (Å²) in [5, 5.41) is 0. The molecule has 1 saturated heterocycles. The van der Waals surface area contributed by atoms with Crippen molar-refractivity contribution < 1.29 is 4.74 Å². The van der Waals surface area contributed by atoms with Crippen LogP contribution in [-0.4, -0.2) is 31.3 Å². The van der Waals surface area contributed by atoms with Crippen molar-refractivity contribution in [3.05, 3.63) is 24.0 Å². The van der Waals surface area contributed by atoms with Crippen LogP contribution in [-0.2, 0) is 4.74 Å². The lowest BCUT2D eigenvalue weighted by molar-refractivity contribution is 0.116. The number of hydrogen-bond acceptors (Lipinski definition) is 4. The number of nitrogens with two attached hydrogens (primary N) is 1. The number of anilines is 1. The standard InChI is InChI=1S/C13H21N3O/c1-10(14)13-6-5-11(8-15-13)16(2)9-12-4-3-7-17-12/h5-6,8,10,12H,3-4,7,9,14H2,1-2H3/t10-,12?/m1/s1. The second-order valence-corrected chi connectivity index (χ2v) is 4.75. The molecule has 1 aliphatic rings. The van der Waals surface area contributed by atoms with E-state index in [9.17, 15) is 0 Å². The van der Waals surface area contributed by atoms with E-state index in [0.29, 0.717) is 6.10 Å². The zero-order valence-electron chi connectivity index (χ0n) is 10.6. The van der Waals surface area contributed by atoms with Gasteiger partial charge in [-0.3, -0.25) is 4.98 Å². The van der Waals surface area contributed by atoms with Crippen LogP contribution in [0.3, 0.4) is 0 Å². The van der Waals surface area contributed by atoms with E-state index in [0.717, 1.165) is 31.0 Å². The summed E-state index contributed by atoms with van der Waals surface area (Å²) in [6.45, 7) is 3.78. The summed E-state index contributed by atoms with van der Waals surface area (Å²) in [5.74, 6) is 0. The quantitative estimate of drug-likeness (QED) is 0.863. The molecule has 1 aromatic heterocycles. The minimum absolute atomic E-state index is 0.00692. The van der Waals surface area contributed by atoms with Gasteiger partial charge in [0.05, 0.1) is 23.7 Å². The highest BCUT2D eigenvalue weighted by Crippen LogP contribution is 2.18. The van der Waals surface area contributed by atoms with E-state index >= 15 is 0 Å². The third kappa shape index (κ3) is 3.17. The number of nitrogens with zero attached hydrogens (tertiary/aromatic N) is 2. The van der Waals surface area contributed by atoms with Crippen LogP contribution in [0.25, 0.3) is 0 Å². The van der Waals surface area contributed by atoms with E-state index < -0.39 is 0 Å². The summed E-state index contributed by atoms with van der Waals surface area (Å²) in [4.78, 5) is 6.55. The first kappa shape index (κ1) is 12.3. The van der Waals surface area contributed by atoms with Gasteiger partial charge >= 0.3 is 0 Å². The summed E-state index contributed by atoms with van der Waals surface area (Å²) in [7, 11) is 2.07. The van der Waals surface area contributed by atoms with E-state index in [1.807, 2.05) is 19.2 Å². The van der Waals surface area contributed by atoms with E-state index in [1.165, 1.54) is 6.42 Å². The molecule has 0 aliphatic carbocycles. The first-order valence-corrected chi connectivity index (χ1v) is 6.21. The normalized spacial score (nSPS) is 21.5. The Hall–Kier alpha value is -1.13. The molecular weight excluding hydrogens is 214 g/mol. The molecule has 4 nitrogen and oxygen atoms in total. The van der Waals surface area contributed by atoms with Gasteiger partial charge in [-0.25, -0.2) is 0 Å². The molecule has 2 rings (SSSR count). The summed E-state index contributed by atoms with van der Waals surface area (Å²) < 4.78 is 5.62. The van der Waals surface area contributed by atoms with Crippen LogP contribution >= 0.6 is 0 Å². The van der Waals surface area contributed by atoms with Crippen LogP contribution < -0.4 is 10.6 Å². The van der Waals surface area contributed by atoms with E-state index in [4.69, 9.17) is 10.5 Å². The van der Waals surface area contributed by atoms with Gasteiger partial charge in [0.25, 0.3) is 0 Å². The highest BCUT2D eigenvalue weighted by Gasteiger charge is 2.17. The molecule has 94 valence electrons. The fourth-order valence-corrected chi connectivity index (χ4v) is 2.09. The van der Waals surface area contributed by atoms with Crippen molar-refractivity contribution in [2.75, 3.05) is 25.1 Å². The van der Waals surface area contributed by atoms with Gasteiger partial charge in [-0.15, -0.1) is 0 Å². The number of aromatic nitrogens is 1. The predicted octanol–water partition coefficient (Wildman–Crippen LogP) is 1.72. The SMILES string of the molecule is C[C@@H](N)c1ccc(N(C)CC2CCCO2)cn1. The molecule has 1 unspecified atom stereocenters. The molecule has 0 aromatic carbocycles. The topological polar surface area (TPSA) is 51.4 Å². The smallest absolute Gasteiger partial charge is 0.0750 e. The Balaban J connectivity index is 1.96. The first-order chi connectivity index (χ1) is 8.16. The highest BCUT2D eigenvalue weighted by molar-refractivity contribution is 5.44. The van der Waals surface area contributed by atoms with Gasteiger partial charge < -0.3 is 15.4 Å². The number of hydrogen-bond donors (Lipinski definition) is 1. The second kappa shape index (κ2) is 5.47. The maximum atomic E-state index is 5.78. The van der Waals surface area contributed by atoms with Gasteiger partial charge in [0, 0.05) is 26.2 Å². The van der Waals surface area contributed by atoms with Crippen LogP contribution in [0.4, 0.5) is 5.69 Å². The van der Waals surface area contributed by atoms with Crippen molar-refractivity contribution in [1.82, 2.24) is 4.98 Å². The zero-order chi connectivity index (χ0) is 12.3. The fraction of sp³-hybridized carbons (Fsp3) is 0.615. The van der Waals surface area contributed by atoms with Gasteiger partial charge in [-0.1, -0.05) is 0 Å². The average molecular weight is 235 g/mol. The van der Waals surface area contributed by atoms with Crippen molar-refractivity contribution >= 4 is 5.69 Å². The molecule has 0 saturated carbocycles. The largest absolute Gasteiger partial charge is 0.376 e. The Labute approximate surface area is 103 Å². The molecule has 1 aliphatic heterocycles. The molecule has 1 aromatic rings. The summed E-state index contributed by atoms with van der Waals surface area (Å²) >= 11 is 0. The van der Waals surface area contributed by atoms with E-state index in [1.54, 1.807) is 0 Å². The number of pyridine rings is 1. The van der Waals surface area contributed by atoms with Gasteiger partial charge in [-0.2, -0.15) is 0 Å². The Kier molecular flexibility index (Phi) is 3.97. The Morgan fingerprint density at radius 2 is 2.41 bits per heavy atom. The zero-order valence-corrected chi connectivity index (χ0v) is 10.6. The monoisotopic (exact) mass is 235 g/mol. The van der Waals surface area contributed by atoms with Crippen LogP contribution in [0.2, 0.25) is 0 Å². The van der Waals surface area contributed by atoms with Gasteiger partial charge in [0.15, 0.2) is 0 Å². The summed E-state index contributed by atoms with van der Waals surface area (Å²) in [5.41, 5.74) is 7.82. The van der Waals surface area contributed by atoms with Crippen LogP contribution in [0.1, 0.15) is 31.5 Å². The molecule has 0 radical (unpaired) electrons. The molecule has 2 N–H and O–H groups in total. The van der Waals surface area contributed by atoms with Crippen molar-refractivity contribution in [3.63, 3.8) is 0 Å². The maximum Gasteiger partial charge on any atom is 0.0750 e. The fourth-order valence-electron chi connectivity index (χ4n) is 2.09. The van der Waals surface area contributed by atoms with Gasteiger partial charge in [0.2, 0.25) is 0 Å². The Morgan fingerprint density at radius 3 is 2.94 bits per heavy atom. The minimum atomic E-state index is -0.00692. The maximum absolute atomic E-state index is 5.78. The van der Waals surface area contributed by atoms with Crippen molar-refractivity contribution in [3.8, 4) is 0 Å². The number of rotatable bonds is 4. The number of likely N-dealkylation sites (N-methyl/N-ethyl adjacent to an activating group) is 1. The lowest BCUT2D eigenvalue weighted by Crippen LogP contribution is -2.28. The number of ether oxygens (including phenoxy) is 1. The van der Waals surface area contributed by atoms with E-state index in [2.05, 4.69) is 23.0 Å². The second-order valence-electron chi connectivity index (χ2n) is 4.75. The molecule has 17 heavy (non-hydrogen) atoms. The van der Waals surface area contributed by atoms with E-state index in [-0.39, 0.29) is 6.04 Å². The summed E-state index contributed by atoms with van der Waals surface area (Å²) in [6.07, 6.45) is 4.59. The molecule has 2 heterocycles. The minimum Gasteiger partial charge on any atom is -0.376 e. The Morgan fingerprint density at radius 1 is 1.59 bits per heavy atom. The molecular formula is C13H21N3O. The Bertz CT molecular complexity index is 344. The highest BCUT2D eigenvalue weighted by atomic mass is 16.5. The lowest BCUT2D eigenvalue weighted by atomic mass is 10.2. The van der Waals surface area contributed by atoms with Crippen LogP contribution in [0, 0.1) is 0 Å². The molecule has 0 bridgehead atoms.